The highest BCUT2D eigenvalue weighted by molar-refractivity contribution is 5.85. The van der Waals surface area contributed by atoms with E-state index < -0.39 is 0 Å². The van der Waals surface area contributed by atoms with Gasteiger partial charge in [0, 0.05) is 37.8 Å². The van der Waals surface area contributed by atoms with E-state index in [1.165, 1.54) is 32.1 Å². The van der Waals surface area contributed by atoms with Gasteiger partial charge in [-0.05, 0) is 49.6 Å². The lowest BCUT2D eigenvalue weighted by molar-refractivity contribution is 0.0598. The second-order valence-corrected chi connectivity index (χ2v) is 9.40. The standard InChI is InChI=1S/C23H35FN6.ClH/c1-4-23(2,3)30-22(25-26-27-30)21(19-12-8-9-13-20(19)24)29-16-14-28(15-17-29)18-10-6-5-7-11-18;/h8-9,12-13,18,21H,4-7,10-11,14-17H2,1-3H3;1H. The van der Waals surface area contributed by atoms with Crippen LogP contribution in [0.15, 0.2) is 24.3 Å². The van der Waals surface area contributed by atoms with Gasteiger partial charge in [-0.2, -0.15) is 0 Å². The fourth-order valence-electron chi connectivity index (χ4n) is 4.95. The van der Waals surface area contributed by atoms with Crippen molar-refractivity contribution in [3.8, 4) is 0 Å². The molecule has 1 atom stereocenters. The molecule has 1 aliphatic heterocycles. The third kappa shape index (κ3) is 5.10. The zero-order chi connectivity index (χ0) is 21.1. The highest BCUT2D eigenvalue weighted by Gasteiger charge is 2.36. The number of nitrogens with zero attached hydrogens (tertiary/aromatic N) is 6. The maximum absolute atomic E-state index is 14.9. The quantitative estimate of drug-likeness (QED) is 0.652. The Morgan fingerprint density at radius 3 is 2.39 bits per heavy atom. The maximum atomic E-state index is 14.9. The fourth-order valence-corrected chi connectivity index (χ4v) is 4.95. The van der Waals surface area contributed by atoms with Crippen LogP contribution in [0.2, 0.25) is 0 Å². The Balaban J connectivity index is 0.00000272. The van der Waals surface area contributed by atoms with E-state index in [2.05, 4.69) is 46.1 Å². The summed E-state index contributed by atoms with van der Waals surface area (Å²) < 4.78 is 16.8. The molecule has 2 aromatic rings. The number of rotatable bonds is 6. The van der Waals surface area contributed by atoms with E-state index >= 15 is 0 Å². The Kier molecular flexibility index (Phi) is 8.05. The number of hydrogen-bond acceptors (Lipinski definition) is 5. The number of halogens is 2. The number of aromatic nitrogens is 4. The molecule has 31 heavy (non-hydrogen) atoms. The van der Waals surface area contributed by atoms with E-state index in [1.54, 1.807) is 12.1 Å². The Bertz CT molecular complexity index is 827. The Labute approximate surface area is 191 Å². The first kappa shape index (κ1) is 24.1. The Morgan fingerprint density at radius 1 is 1.06 bits per heavy atom. The number of piperazine rings is 1. The van der Waals surface area contributed by atoms with Gasteiger partial charge in [0.15, 0.2) is 5.82 Å². The van der Waals surface area contributed by atoms with Gasteiger partial charge in [0.05, 0.1) is 5.54 Å². The molecule has 2 fully saturated rings. The van der Waals surface area contributed by atoms with Gasteiger partial charge in [-0.3, -0.25) is 9.80 Å². The molecule has 0 N–H and O–H groups in total. The van der Waals surface area contributed by atoms with E-state index in [1.807, 2.05) is 16.8 Å². The van der Waals surface area contributed by atoms with Crippen LogP contribution in [0.5, 0.6) is 0 Å². The summed E-state index contributed by atoms with van der Waals surface area (Å²) in [7, 11) is 0. The van der Waals surface area contributed by atoms with E-state index in [0.717, 1.165) is 44.5 Å². The summed E-state index contributed by atoms with van der Waals surface area (Å²) in [6.07, 6.45) is 7.61. The number of tetrazole rings is 1. The van der Waals surface area contributed by atoms with Gasteiger partial charge in [-0.25, -0.2) is 9.07 Å². The average Bonchev–Trinajstić information content (AvgIpc) is 3.27. The van der Waals surface area contributed by atoms with Crippen molar-refractivity contribution in [2.75, 3.05) is 26.2 Å². The van der Waals surface area contributed by atoms with Gasteiger partial charge in [0.1, 0.15) is 11.9 Å². The van der Waals surface area contributed by atoms with Crippen molar-refractivity contribution < 1.29 is 4.39 Å². The molecule has 1 aliphatic carbocycles. The summed E-state index contributed by atoms with van der Waals surface area (Å²) in [5.74, 6) is 0.541. The second kappa shape index (κ2) is 10.4. The van der Waals surface area contributed by atoms with Crippen LogP contribution in [0.1, 0.15) is 76.7 Å². The van der Waals surface area contributed by atoms with Crippen LogP contribution in [0, 0.1) is 5.82 Å². The van der Waals surface area contributed by atoms with E-state index in [-0.39, 0.29) is 29.8 Å². The minimum atomic E-state index is -0.277. The first-order valence-corrected chi connectivity index (χ1v) is 11.5. The highest BCUT2D eigenvalue weighted by Crippen LogP contribution is 2.33. The summed E-state index contributed by atoms with van der Waals surface area (Å²) >= 11 is 0. The third-order valence-electron chi connectivity index (χ3n) is 7.18. The molecule has 0 spiro atoms. The van der Waals surface area contributed by atoms with E-state index in [4.69, 9.17) is 0 Å². The van der Waals surface area contributed by atoms with Gasteiger partial charge in [-0.15, -0.1) is 17.5 Å². The number of benzene rings is 1. The summed E-state index contributed by atoms with van der Waals surface area (Å²) in [4.78, 5) is 5.01. The second-order valence-electron chi connectivity index (χ2n) is 9.40. The summed E-state index contributed by atoms with van der Waals surface area (Å²) in [5, 5.41) is 12.7. The average molecular weight is 451 g/mol. The van der Waals surface area contributed by atoms with Crippen molar-refractivity contribution in [3.63, 3.8) is 0 Å². The van der Waals surface area contributed by atoms with Gasteiger partial charge < -0.3 is 0 Å². The highest BCUT2D eigenvalue weighted by atomic mass is 35.5. The first-order valence-electron chi connectivity index (χ1n) is 11.5. The smallest absolute Gasteiger partial charge is 0.173 e. The molecule has 172 valence electrons. The van der Waals surface area contributed by atoms with Crippen molar-refractivity contribution in [1.29, 1.82) is 0 Å². The molecule has 2 heterocycles. The SMILES string of the molecule is CCC(C)(C)n1nnnc1C(c1ccccc1F)N1CCN(C2CCCCC2)CC1.Cl. The molecule has 1 unspecified atom stereocenters. The first-order chi connectivity index (χ1) is 14.5. The molecule has 1 aromatic heterocycles. The summed E-state index contributed by atoms with van der Waals surface area (Å²) in [6, 6.07) is 7.52. The molecule has 0 amide bonds. The molecule has 1 aromatic carbocycles. The van der Waals surface area contributed by atoms with Crippen molar-refractivity contribution >= 4 is 12.4 Å². The van der Waals surface area contributed by atoms with Gasteiger partial charge in [0.25, 0.3) is 0 Å². The van der Waals surface area contributed by atoms with Crippen molar-refractivity contribution in [3.05, 3.63) is 41.5 Å². The molecule has 4 rings (SSSR count). The normalized spacial score (nSPS) is 20.4. The molecule has 1 saturated carbocycles. The lowest BCUT2D eigenvalue weighted by Gasteiger charge is -2.43. The van der Waals surface area contributed by atoms with Crippen molar-refractivity contribution in [2.24, 2.45) is 0 Å². The predicted octanol–water partition coefficient (Wildman–Crippen LogP) is 4.42. The van der Waals surface area contributed by atoms with Gasteiger partial charge in [0.2, 0.25) is 0 Å². The largest absolute Gasteiger partial charge is 0.298 e. The van der Waals surface area contributed by atoms with Crippen LogP contribution in [0.25, 0.3) is 0 Å². The fraction of sp³-hybridized carbons (Fsp3) is 0.696. The lowest BCUT2D eigenvalue weighted by Crippen LogP contribution is -2.52. The van der Waals surface area contributed by atoms with Gasteiger partial charge >= 0.3 is 0 Å². The maximum Gasteiger partial charge on any atom is 0.173 e. The lowest BCUT2D eigenvalue weighted by atomic mass is 9.93. The summed E-state index contributed by atoms with van der Waals surface area (Å²) in [5.41, 5.74) is 0.429. The Morgan fingerprint density at radius 2 is 1.74 bits per heavy atom. The predicted molar refractivity (Wildman–Crippen MR) is 123 cm³/mol. The Hall–Kier alpha value is -1.57. The minimum Gasteiger partial charge on any atom is -0.298 e. The third-order valence-corrected chi connectivity index (χ3v) is 7.18. The minimum absolute atomic E-state index is 0. The molecule has 1 saturated heterocycles. The zero-order valence-corrected chi connectivity index (χ0v) is 19.8. The molecular formula is C23H36ClFN6. The molecule has 8 heteroatoms. The molecule has 0 bridgehead atoms. The van der Waals surface area contributed by atoms with Crippen LogP contribution < -0.4 is 0 Å². The van der Waals surface area contributed by atoms with Crippen LogP contribution in [0.3, 0.4) is 0 Å². The van der Waals surface area contributed by atoms with Crippen LogP contribution in [-0.4, -0.2) is 62.2 Å². The molecule has 0 radical (unpaired) electrons. The van der Waals surface area contributed by atoms with E-state index in [0.29, 0.717) is 5.56 Å². The van der Waals surface area contributed by atoms with Crippen molar-refractivity contribution in [1.82, 2.24) is 30.0 Å². The zero-order valence-electron chi connectivity index (χ0n) is 19.0. The molecular weight excluding hydrogens is 415 g/mol. The number of hydrogen-bond donors (Lipinski definition) is 0. The molecule has 6 nitrogen and oxygen atoms in total. The van der Waals surface area contributed by atoms with Crippen LogP contribution in [0.4, 0.5) is 4.39 Å². The van der Waals surface area contributed by atoms with Gasteiger partial charge in [-0.1, -0.05) is 44.4 Å². The van der Waals surface area contributed by atoms with Crippen LogP contribution >= 0.6 is 12.4 Å². The summed E-state index contributed by atoms with van der Waals surface area (Å²) in [6.45, 7) is 10.2. The molecule has 2 aliphatic rings. The van der Waals surface area contributed by atoms with E-state index in [9.17, 15) is 4.39 Å². The topological polar surface area (TPSA) is 50.1 Å². The monoisotopic (exact) mass is 450 g/mol. The van der Waals surface area contributed by atoms with Crippen LogP contribution in [-0.2, 0) is 5.54 Å². The van der Waals surface area contributed by atoms with Crippen molar-refractivity contribution in [2.45, 2.75) is 76.9 Å².